The zero-order valence-electron chi connectivity index (χ0n) is 22.5. The molecule has 210 valence electrons. The average Bonchev–Trinajstić information content (AvgIpc) is 3.55. The molecule has 0 spiro atoms. The molecule has 11 heteroatoms. The molecular formula is C28H36N4O6S. The van der Waals surface area contributed by atoms with Gasteiger partial charge < -0.3 is 29.3 Å². The molecule has 3 aliphatic heterocycles. The fraction of sp³-hybridized carbons (Fsp3) is 0.571. The van der Waals surface area contributed by atoms with Gasteiger partial charge in [0.2, 0.25) is 17.7 Å². The van der Waals surface area contributed by atoms with Crippen molar-refractivity contribution in [2.45, 2.75) is 44.6 Å². The van der Waals surface area contributed by atoms with Crippen molar-refractivity contribution < 1.29 is 28.6 Å². The van der Waals surface area contributed by atoms with E-state index in [1.165, 1.54) is 11.3 Å². The van der Waals surface area contributed by atoms with E-state index in [0.717, 1.165) is 16.3 Å². The molecule has 1 aromatic carbocycles. The maximum atomic E-state index is 13.4. The van der Waals surface area contributed by atoms with Crippen LogP contribution in [0.5, 0.6) is 11.5 Å². The Hall–Kier alpha value is -3.18. The Morgan fingerprint density at radius 3 is 2.74 bits per heavy atom. The third-order valence-corrected chi connectivity index (χ3v) is 8.50. The van der Waals surface area contributed by atoms with Crippen LogP contribution in [0.15, 0.2) is 23.6 Å². The highest BCUT2D eigenvalue weighted by Crippen LogP contribution is 2.35. The minimum atomic E-state index is -0.305. The van der Waals surface area contributed by atoms with Crippen LogP contribution < -0.4 is 14.8 Å². The summed E-state index contributed by atoms with van der Waals surface area (Å²) in [5.74, 6) is 0.704. The standard InChI is InChI=1S/C28H36N4O6S/c1-18-29-21(17-39-18)13-27(34)32-14-22-20-4-5-24(36-2)25(12-20)38-9-3-8-31(16-26(33)30-23(22)15-32)28(35)19-6-10-37-11-7-19/h4-5,12,17,19,22-23H,3,6-11,13-16H2,1-2H3,(H,30,33)/t22-,23+/m1/s1. The Balaban J connectivity index is 1.38. The quantitative estimate of drug-likeness (QED) is 0.615. The summed E-state index contributed by atoms with van der Waals surface area (Å²) in [6.45, 7) is 4.66. The number of thiazole rings is 1. The summed E-state index contributed by atoms with van der Waals surface area (Å²) in [7, 11) is 1.60. The summed E-state index contributed by atoms with van der Waals surface area (Å²) >= 11 is 1.52. The predicted molar refractivity (Wildman–Crippen MR) is 145 cm³/mol. The van der Waals surface area contributed by atoms with E-state index in [9.17, 15) is 14.4 Å². The largest absolute Gasteiger partial charge is 0.493 e. The molecule has 0 saturated carbocycles. The fourth-order valence-electron chi connectivity index (χ4n) is 5.62. The fourth-order valence-corrected chi connectivity index (χ4v) is 6.23. The van der Waals surface area contributed by atoms with Gasteiger partial charge in [-0.15, -0.1) is 11.3 Å². The molecule has 2 fully saturated rings. The number of nitrogens with zero attached hydrogens (tertiary/aromatic N) is 3. The summed E-state index contributed by atoms with van der Waals surface area (Å²) in [6, 6.07) is 5.48. The van der Waals surface area contributed by atoms with Gasteiger partial charge in [-0.1, -0.05) is 6.07 Å². The van der Waals surface area contributed by atoms with Crippen molar-refractivity contribution in [2.75, 3.05) is 53.1 Å². The highest BCUT2D eigenvalue weighted by atomic mass is 32.1. The van der Waals surface area contributed by atoms with Crippen LogP contribution in [0.25, 0.3) is 0 Å². The first-order valence-corrected chi connectivity index (χ1v) is 14.4. The number of nitrogens with one attached hydrogen (secondary N) is 1. The van der Waals surface area contributed by atoms with E-state index >= 15 is 0 Å². The molecule has 3 aliphatic rings. The van der Waals surface area contributed by atoms with Gasteiger partial charge in [-0.25, -0.2) is 4.98 Å². The van der Waals surface area contributed by atoms with Crippen LogP contribution in [0.4, 0.5) is 0 Å². The normalized spacial score (nSPS) is 22.6. The van der Waals surface area contributed by atoms with Gasteiger partial charge in [0.05, 0.1) is 43.4 Å². The third kappa shape index (κ3) is 6.52. The summed E-state index contributed by atoms with van der Waals surface area (Å²) in [5, 5.41) is 6.00. The van der Waals surface area contributed by atoms with E-state index in [0.29, 0.717) is 70.2 Å². The molecular weight excluding hydrogens is 520 g/mol. The van der Waals surface area contributed by atoms with Crippen molar-refractivity contribution in [3.8, 4) is 11.5 Å². The van der Waals surface area contributed by atoms with Gasteiger partial charge in [-0.3, -0.25) is 14.4 Å². The van der Waals surface area contributed by atoms with Gasteiger partial charge in [0.25, 0.3) is 0 Å². The molecule has 3 amide bonds. The van der Waals surface area contributed by atoms with E-state index < -0.39 is 0 Å². The molecule has 39 heavy (non-hydrogen) atoms. The topological polar surface area (TPSA) is 110 Å². The second-order valence-corrected chi connectivity index (χ2v) is 11.4. The van der Waals surface area contributed by atoms with E-state index in [-0.39, 0.29) is 48.6 Å². The summed E-state index contributed by atoms with van der Waals surface area (Å²) in [5.41, 5.74) is 1.72. The lowest BCUT2D eigenvalue weighted by atomic mass is 9.93. The first-order chi connectivity index (χ1) is 18.9. The number of hydrogen-bond acceptors (Lipinski definition) is 8. The summed E-state index contributed by atoms with van der Waals surface area (Å²) in [6.07, 6.45) is 2.14. The summed E-state index contributed by atoms with van der Waals surface area (Å²) < 4.78 is 17.1. The number of carbonyl (C=O) groups excluding carboxylic acids is 3. The first kappa shape index (κ1) is 27.4. The lowest BCUT2D eigenvalue weighted by molar-refractivity contribution is -0.142. The minimum Gasteiger partial charge on any atom is -0.493 e. The van der Waals surface area contributed by atoms with Crippen molar-refractivity contribution in [3.05, 3.63) is 39.8 Å². The lowest BCUT2D eigenvalue weighted by Gasteiger charge is -2.29. The van der Waals surface area contributed by atoms with Crippen molar-refractivity contribution in [1.29, 1.82) is 0 Å². The zero-order chi connectivity index (χ0) is 27.4. The number of ether oxygens (including phenoxy) is 3. The van der Waals surface area contributed by atoms with Crippen molar-refractivity contribution in [1.82, 2.24) is 20.1 Å². The van der Waals surface area contributed by atoms with Crippen molar-refractivity contribution in [3.63, 3.8) is 0 Å². The van der Waals surface area contributed by atoms with Gasteiger partial charge in [-0.2, -0.15) is 0 Å². The predicted octanol–water partition coefficient (Wildman–Crippen LogP) is 2.15. The maximum Gasteiger partial charge on any atom is 0.239 e. The van der Waals surface area contributed by atoms with Gasteiger partial charge in [0, 0.05) is 50.1 Å². The molecule has 2 saturated heterocycles. The number of hydrogen-bond donors (Lipinski definition) is 1. The third-order valence-electron chi connectivity index (χ3n) is 7.68. The number of likely N-dealkylation sites (tertiary alicyclic amines) is 1. The maximum absolute atomic E-state index is 13.4. The number of methoxy groups -OCH3 is 1. The molecule has 10 nitrogen and oxygen atoms in total. The van der Waals surface area contributed by atoms with Gasteiger partial charge in [-0.05, 0) is 43.9 Å². The van der Waals surface area contributed by atoms with Gasteiger partial charge in [0.1, 0.15) is 0 Å². The Morgan fingerprint density at radius 1 is 1.18 bits per heavy atom. The number of benzene rings is 1. The van der Waals surface area contributed by atoms with E-state index in [4.69, 9.17) is 14.2 Å². The first-order valence-electron chi connectivity index (χ1n) is 13.6. The van der Waals surface area contributed by atoms with Crippen LogP contribution in [0.1, 0.15) is 41.4 Å². The van der Waals surface area contributed by atoms with Crippen LogP contribution in [-0.2, 0) is 25.5 Å². The zero-order valence-corrected chi connectivity index (χ0v) is 23.3. The lowest BCUT2D eigenvalue weighted by Crippen LogP contribution is -2.48. The highest BCUT2D eigenvalue weighted by molar-refractivity contribution is 7.09. The monoisotopic (exact) mass is 556 g/mol. The average molecular weight is 557 g/mol. The number of aryl methyl sites for hydroxylation is 1. The van der Waals surface area contributed by atoms with Crippen LogP contribution in [0.2, 0.25) is 0 Å². The van der Waals surface area contributed by atoms with E-state index in [2.05, 4.69) is 10.3 Å². The number of amides is 3. The molecule has 1 N–H and O–H groups in total. The SMILES string of the molecule is COc1ccc2cc1OCCCN(C(=O)C1CCOCC1)CC(=O)N[C@H]1CN(C(=O)Cc3csc(C)n3)C[C@H]21. The second-order valence-electron chi connectivity index (χ2n) is 10.4. The Kier molecular flexibility index (Phi) is 8.66. The van der Waals surface area contributed by atoms with Crippen LogP contribution in [0.3, 0.4) is 0 Å². The number of aromatic nitrogens is 1. The van der Waals surface area contributed by atoms with E-state index in [1.54, 1.807) is 16.9 Å². The van der Waals surface area contributed by atoms with E-state index in [1.807, 2.05) is 30.5 Å². The van der Waals surface area contributed by atoms with Crippen molar-refractivity contribution in [2.24, 2.45) is 5.92 Å². The molecule has 2 atom stereocenters. The van der Waals surface area contributed by atoms with Crippen LogP contribution in [-0.4, -0.2) is 91.7 Å². The summed E-state index contributed by atoms with van der Waals surface area (Å²) in [4.78, 5) is 47.8. The number of rotatable bonds is 4. The number of carbonyl (C=O) groups is 3. The smallest absolute Gasteiger partial charge is 0.239 e. The molecule has 1 aromatic heterocycles. The Bertz CT molecular complexity index is 1200. The van der Waals surface area contributed by atoms with Crippen LogP contribution >= 0.6 is 11.3 Å². The highest BCUT2D eigenvalue weighted by Gasteiger charge is 2.38. The molecule has 0 radical (unpaired) electrons. The van der Waals surface area contributed by atoms with Crippen molar-refractivity contribution >= 4 is 29.1 Å². The number of fused-ring (bicyclic) bond motifs is 4. The molecule has 5 rings (SSSR count). The molecule has 0 unspecified atom stereocenters. The Labute approximate surface area is 232 Å². The van der Waals surface area contributed by atoms with Gasteiger partial charge >= 0.3 is 0 Å². The minimum absolute atomic E-state index is 0.0141. The van der Waals surface area contributed by atoms with Gasteiger partial charge in [0.15, 0.2) is 11.5 Å². The second kappa shape index (κ2) is 12.3. The molecule has 4 heterocycles. The molecule has 2 aromatic rings. The molecule has 0 aliphatic carbocycles. The Morgan fingerprint density at radius 2 is 2.00 bits per heavy atom. The molecule has 2 bridgehead atoms. The van der Waals surface area contributed by atoms with Crippen LogP contribution in [0, 0.1) is 12.8 Å².